The van der Waals surface area contributed by atoms with Crippen LogP contribution in [-0.4, -0.2) is 35.0 Å². The zero-order chi connectivity index (χ0) is 21.3. The number of benzene rings is 2. The van der Waals surface area contributed by atoms with Crippen molar-refractivity contribution in [3.05, 3.63) is 75.7 Å². The first-order valence-electron chi connectivity index (χ1n) is 9.50. The highest BCUT2D eigenvalue weighted by Crippen LogP contribution is 2.15. The van der Waals surface area contributed by atoms with Gasteiger partial charge in [0.25, 0.3) is 11.8 Å². The molecule has 0 aliphatic heterocycles. The van der Waals surface area contributed by atoms with Crippen molar-refractivity contribution in [2.75, 3.05) is 13.1 Å². The highest BCUT2D eigenvalue weighted by atomic mass is 32.1. The topological polar surface area (TPSA) is 101 Å². The molecule has 3 rings (SSSR count). The van der Waals surface area contributed by atoms with Crippen LogP contribution in [0.15, 0.2) is 53.9 Å². The van der Waals surface area contributed by atoms with Gasteiger partial charge in [-0.15, -0.1) is 11.3 Å². The Morgan fingerprint density at radius 1 is 1.03 bits per heavy atom. The average Bonchev–Trinajstić information content (AvgIpc) is 3.17. The molecule has 0 bridgehead atoms. The van der Waals surface area contributed by atoms with Crippen molar-refractivity contribution in [2.45, 2.75) is 20.0 Å². The number of ether oxygens (including phenoxy) is 1. The van der Waals surface area contributed by atoms with Crippen LogP contribution >= 0.6 is 11.3 Å². The third kappa shape index (κ3) is 6.31. The van der Waals surface area contributed by atoms with Crippen molar-refractivity contribution in [3.8, 4) is 11.5 Å². The molecule has 0 radical (unpaired) electrons. The molecule has 1 aromatic heterocycles. The molecule has 2 amide bonds. The molecule has 0 saturated carbocycles. The number of rotatable bonds is 9. The second kappa shape index (κ2) is 10.4. The van der Waals surface area contributed by atoms with Crippen molar-refractivity contribution in [1.29, 1.82) is 0 Å². The summed E-state index contributed by atoms with van der Waals surface area (Å²) in [5.74, 6) is 0.271. The molecule has 0 fully saturated rings. The lowest BCUT2D eigenvalue weighted by Crippen LogP contribution is -2.29. The summed E-state index contributed by atoms with van der Waals surface area (Å²) in [5.41, 5.74) is 1.82. The van der Waals surface area contributed by atoms with Gasteiger partial charge in [-0.1, -0.05) is 6.07 Å². The summed E-state index contributed by atoms with van der Waals surface area (Å²) in [5, 5.41) is 17.9. The van der Waals surface area contributed by atoms with Crippen LogP contribution in [0.25, 0.3) is 0 Å². The van der Waals surface area contributed by atoms with Crippen LogP contribution in [0.1, 0.15) is 37.8 Å². The first-order valence-corrected chi connectivity index (χ1v) is 10.4. The number of carbonyl (C=O) groups excluding carboxylic acids is 2. The molecule has 0 unspecified atom stereocenters. The minimum atomic E-state index is -0.263. The standard InChI is InChI=1S/C22H23N3O4S/c1-15-25-18(14-30-15)13-29-20-8-6-16(7-9-20)21(27)23-10-3-11-24-22(28)17-4-2-5-19(26)12-17/h2,4-9,12,14,26H,3,10-11,13H2,1H3,(H,23,27)(H,24,28). The third-order valence-corrected chi connectivity index (χ3v) is 5.03. The lowest BCUT2D eigenvalue weighted by Gasteiger charge is -2.08. The Balaban J connectivity index is 1.36. The van der Waals surface area contributed by atoms with Gasteiger partial charge in [-0.05, 0) is 55.8 Å². The summed E-state index contributed by atoms with van der Waals surface area (Å²) < 4.78 is 5.68. The molecular weight excluding hydrogens is 402 g/mol. The molecule has 2 aromatic carbocycles. The number of phenolic OH excluding ortho intramolecular Hbond substituents is 1. The van der Waals surface area contributed by atoms with E-state index in [0.717, 1.165) is 10.7 Å². The number of thiazole rings is 1. The van der Waals surface area contributed by atoms with E-state index in [0.29, 0.717) is 43.0 Å². The van der Waals surface area contributed by atoms with Gasteiger partial charge < -0.3 is 20.5 Å². The fraction of sp³-hybridized carbons (Fsp3) is 0.227. The van der Waals surface area contributed by atoms with E-state index in [9.17, 15) is 14.7 Å². The summed E-state index contributed by atoms with van der Waals surface area (Å²) in [4.78, 5) is 28.5. The van der Waals surface area contributed by atoms with E-state index in [1.165, 1.54) is 12.1 Å². The Morgan fingerprint density at radius 2 is 1.73 bits per heavy atom. The van der Waals surface area contributed by atoms with Gasteiger partial charge in [0.05, 0.1) is 10.7 Å². The minimum absolute atomic E-state index is 0.0459. The molecule has 8 heteroatoms. The molecule has 0 aliphatic carbocycles. The highest BCUT2D eigenvalue weighted by molar-refractivity contribution is 7.09. The Hall–Kier alpha value is -3.39. The van der Waals surface area contributed by atoms with Crippen molar-refractivity contribution >= 4 is 23.2 Å². The van der Waals surface area contributed by atoms with Crippen LogP contribution in [0.5, 0.6) is 11.5 Å². The number of hydrogen-bond donors (Lipinski definition) is 3. The average molecular weight is 426 g/mol. The molecule has 30 heavy (non-hydrogen) atoms. The number of hydrogen-bond acceptors (Lipinski definition) is 6. The van der Waals surface area contributed by atoms with Crippen molar-refractivity contribution in [2.24, 2.45) is 0 Å². The quantitative estimate of drug-likeness (QED) is 0.457. The van der Waals surface area contributed by atoms with Gasteiger partial charge in [-0.3, -0.25) is 9.59 Å². The Bertz CT molecular complexity index is 1000. The van der Waals surface area contributed by atoms with Crippen LogP contribution in [0.3, 0.4) is 0 Å². The number of carbonyl (C=O) groups is 2. The molecule has 3 N–H and O–H groups in total. The fourth-order valence-electron chi connectivity index (χ4n) is 2.68. The summed E-state index contributed by atoms with van der Waals surface area (Å²) in [6.07, 6.45) is 0.588. The minimum Gasteiger partial charge on any atom is -0.508 e. The number of aromatic hydroxyl groups is 1. The zero-order valence-electron chi connectivity index (χ0n) is 16.6. The summed E-state index contributed by atoms with van der Waals surface area (Å²) >= 11 is 1.58. The largest absolute Gasteiger partial charge is 0.508 e. The van der Waals surface area contributed by atoms with Crippen molar-refractivity contribution < 1.29 is 19.4 Å². The summed E-state index contributed by atoms with van der Waals surface area (Å²) in [7, 11) is 0. The highest BCUT2D eigenvalue weighted by Gasteiger charge is 2.07. The Morgan fingerprint density at radius 3 is 2.37 bits per heavy atom. The number of amides is 2. The van der Waals surface area contributed by atoms with Crippen LogP contribution in [0.4, 0.5) is 0 Å². The number of nitrogens with zero attached hydrogens (tertiary/aromatic N) is 1. The van der Waals surface area contributed by atoms with Gasteiger partial charge in [0.1, 0.15) is 18.1 Å². The molecule has 0 aliphatic rings. The number of phenols is 1. The van der Waals surface area contributed by atoms with Crippen LogP contribution < -0.4 is 15.4 Å². The monoisotopic (exact) mass is 425 g/mol. The van der Waals surface area contributed by atoms with Crippen LogP contribution in [-0.2, 0) is 6.61 Å². The van der Waals surface area contributed by atoms with Crippen LogP contribution in [0, 0.1) is 6.92 Å². The zero-order valence-corrected chi connectivity index (χ0v) is 17.4. The van der Waals surface area contributed by atoms with Gasteiger partial charge in [0.15, 0.2) is 0 Å². The van der Waals surface area contributed by atoms with Crippen LogP contribution in [0.2, 0.25) is 0 Å². The fourth-order valence-corrected chi connectivity index (χ4v) is 3.28. The van der Waals surface area contributed by atoms with E-state index in [1.54, 1.807) is 47.7 Å². The van der Waals surface area contributed by atoms with Gasteiger partial charge >= 0.3 is 0 Å². The lowest BCUT2D eigenvalue weighted by atomic mass is 10.2. The van der Waals surface area contributed by atoms with E-state index in [4.69, 9.17) is 4.74 Å². The molecule has 0 spiro atoms. The third-order valence-electron chi connectivity index (χ3n) is 4.20. The van der Waals surface area contributed by atoms with Gasteiger partial charge in [0, 0.05) is 29.6 Å². The number of aryl methyl sites for hydroxylation is 1. The molecular formula is C22H23N3O4S. The van der Waals surface area contributed by atoms with Gasteiger partial charge in [-0.2, -0.15) is 0 Å². The molecule has 3 aromatic rings. The molecule has 0 atom stereocenters. The Labute approximate surface area is 178 Å². The molecule has 7 nitrogen and oxygen atoms in total. The summed E-state index contributed by atoms with van der Waals surface area (Å²) in [6, 6.07) is 13.1. The normalized spacial score (nSPS) is 10.4. The first-order chi connectivity index (χ1) is 14.5. The van der Waals surface area contributed by atoms with Crippen molar-refractivity contribution in [1.82, 2.24) is 15.6 Å². The number of aromatic nitrogens is 1. The SMILES string of the molecule is Cc1nc(COc2ccc(C(=O)NCCCNC(=O)c3cccc(O)c3)cc2)cs1. The maximum Gasteiger partial charge on any atom is 0.251 e. The first kappa shape index (κ1) is 21.3. The Kier molecular flexibility index (Phi) is 7.40. The summed E-state index contributed by atoms with van der Waals surface area (Å²) in [6.45, 7) is 3.19. The smallest absolute Gasteiger partial charge is 0.251 e. The predicted molar refractivity (Wildman–Crippen MR) is 115 cm³/mol. The predicted octanol–water partition coefficient (Wildman–Crippen LogP) is 3.29. The van der Waals surface area contributed by atoms with Crippen molar-refractivity contribution in [3.63, 3.8) is 0 Å². The molecule has 156 valence electrons. The number of nitrogens with one attached hydrogen (secondary N) is 2. The van der Waals surface area contributed by atoms with E-state index in [2.05, 4.69) is 15.6 Å². The second-order valence-corrected chi connectivity index (χ2v) is 7.65. The van der Waals surface area contributed by atoms with Gasteiger partial charge in [-0.25, -0.2) is 4.98 Å². The lowest BCUT2D eigenvalue weighted by molar-refractivity contribution is 0.0951. The van der Waals surface area contributed by atoms with E-state index in [1.807, 2.05) is 12.3 Å². The molecule has 1 heterocycles. The van der Waals surface area contributed by atoms with E-state index >= 15 is 0 Å². The second-order valence-electron chi connectivity index (χ2n) is 6.59. The van der Waals surface area contributed by atoms with E-state index in [-0.39, 0.29) is 17.6 Å². The molecule has 0 saturated heterocycles. The van der Waals surface area contributed by atoms with Gasteiger partial charge in [0.2, 0.25) is 0 Å². The maximum absolute atomic E-state index is 12.2. The maximum atomic E-state index is 12.2. The van der Waals surface area contributed by atoms with E-state index < -0.39 is 0 Å².